The lowest BCUT2D eigenvalue weighted by atomic mass is 10.0. The number of hydrogen-bond acceptors (Lipinski definition) is 5. The van der Waals surface area contributed by atoms with Crippen molar-refractivity contribution in [3.63, 3.8) is 0 Å². The fraction of sp³-hybridized carbons (Fsp3) is 0.0526. The van der Waals surface area contributed by atoms with Gasteiger partial charge in [0.15, 0.2) is 0 Å². The second-order valence-corrected chi connectivity index (χ2v) is 5.63. The van der Waals surface area contributed by atoms with Gasteiger partial charge in [0.05, 0.1) is 16.2 Å². The molecule has 0 aliphatic heterocycles. The van der Waals surface area contributed by atoms with Gasteiger partial charge < -0.3 is 5.11 Å². The number of nitrogens with one attached hydrogen (secondary N) is 1. The quantitative estimate of drug-likeness (QED) is 0.426. The van der Waals surface area contributed by atoms with Crippen molar-refractivity contribution in [2.45, 2.75) is 6.92 Å². The van der Waals surface area contributed by atoms with Crippen LogP contribution < -0.4 is 5.43 Å². The van der Waals surface area contributed by atoms with Crippen LogP contribution in [-0.4, -0.2) is 21.6 Å². The monoisotopic (exact) mass is 349 g/mol. The predicted octanol–water partition coefficient (Wildman–Crippen LogP) is 3.61. The van der Waals surface area contributed by atoms with Crippen LogP contribution in [0.2, 0.25) is 0 Å². The molecule has 7 nitrogen and oxygen atoms in total. The third-order valence-electron chi connectivity index (χ3n) is 3.93. The topological polar surface area (TPSA) is 105 Å². The molecule has 3 aromatic rings. The number of hydrazone groups is 1. The highest BCUT2D eigenvalue weighted by Gasteiger charge is 2.15. The zero-order chi connectivity index (χ0) is 18.7. The maximum Gasteiger partial charge on any atom is 0.275 e. The summed E-state index contributed by atoms with van der Waals surface area (Å²) >= 11 is 0. The van der Waals surface area contributed by atoms with Gasteiger partial charge in [0.25, 0.3) is 11.6 Å². The second-order valence-electron chi connectivity index (χ2n) is 5.63. The van der Waals surface area contributed by atoms with E-state index in [0.29, 0.717) is 16.7 Å². The SMILES string of the molecule is C/C(=N/NC(=O)c1c(O)ccc2ccccc12)c1cccc([N+](=O)[O-])c1. The van der Waals surface area contributed by atoms with Crippen LogP contribution in [0, 0.1) is 10.1 Å². The van der Waals surface area contributed by atoms with E-state index in [4.69, 9.17) is 0 Å². The number of nitrogens with zero attached hydrogens (tertiary/aromatic N) is 2. The van der Waals surface area contributed by atoms with Gasteiger partial charge >= 0.3 is 0 Å². The number of carbonyl (C=O) groups is 1. The Labute approximate surface area is 148 Å². The number of nitro groups is 1. The maximum atomic E-state index is 12.5. The number of fused-ring (bicyclic) bond motifs is 1. The van der Waals surface area contributed by atoms with Crippen molar-refractivity contribution in [1.29, 1.82) is 0 Å². The van der Waals surface area contributed by atoms with Crippen molar-refractivity contribution < 1.29 is 14.8 Å². The molecule has 0 unspecified atom stereocenters. The van der Waals surface area contributed by atoms with Crippen LogP contribution in [0.1, 0.15) is 22.8 Å². The summed E-state index contributed by atoms with van der Waals surface area (Å²) in [6, 6.07) is 16.3. The fourth-order valence-corrected chi connectivity index (χ4v) is 2.60. The molecule has 1 amide bonds. The minimum absolute atomic E-state index is 0.0601. The van der Waals surface area contributed by atoms with E-state index in [1.807, 2.05) is 12.1 Å². The Morgan fingerprint density at radius 1 is 1.12 bits per heavy atom. The summed E-state index contributed by atoms with van der Waals surface area (Å²) in [7, 11) is 0. The van der Waals surface area contributed by atoms with Gasteiger partial charge in [-0.05, 0) is 23.8 Å². The Hall–Kier alpha value is -3.74. The molecule has 0 aliphatic rings. The molecular weight excluding hydrogens is 334 g/mol. The summed E-state index contributed by atoms with van der Waals surface area (Å²) in [5, 5.41) is 26.4. The van der Waals surface area contributed by atoms with Gasteiger partial charge in [0.2, 0.25) is 0 Å². The molecule has 0 aliphatic carbocycles. The molecule has 0 fully saturated rings. The molecule has 0 radical (unpaired) electrons. The van der Waals surface area contributed by atoms with Crippen LogP contribution >= 0.6 is 0 Å². The highest BCUT2D eigenvalue weighted by atomic mass is 16.6. The van der Waals surface area contributed by atoms with Gasteiger partial charge in [0, 0.05) is 17.7 Å². The van der Waals surface area contributed by atoms with E-state index in [1.54, 1.807) is 37.3 Å². The number of aromatic hydroxyl groups is 1. The predicted molar refractivity (Wildman–Crippen MR) is 98.4 cm³/mol. The Bertz CT molecular complexity index is 1040. The van der Waals surface area contributed by atoms with E-state index in [0.717, 1.165) is 5.39 Å². The number of phenolic OH excluding ortho intramolecular Hbond substituents is 1. The fourth-order valence-electron chi connectivity index (χ4n) is 2.60. The molecule has 3 rings (SSSR count). The molecular formula is C19H15N3O4. The molecule has 0 saturated heterocycles. The molecule has 0 bridgehead atoms. The summed E-state index contributed by atoms with van der Waals surface area (Å²) < 4.78 is 0. The van der Waals surface area contributed by atoms with Gasteiger partial charge in [0.1, 0.15) is 5.75 Å². The molecule has 0 spiro atoms. The van der Waals surface area contributed by atoms with E-state index >= 15 is 0 Å². The first-order chi connectivity index (χ1) is 12.5. The number of rotatable bonds is 4. The van der Waals surface area contributed by atoms with Crippen LogP contribution in [0.15, 0.2) is 65.8 Å². The van der Waals surface area contributed by atoms with E-state index in [-0.39, 0.29) is 17.0 Å². The summed E-state index contributed by atoms with van der Waals surface area (Å²) in [4.78, 5) is 22.9. The number of phenols is 1. The Balaban J connectivity index is 1.89. The smallest absolute Gasteiger partial charge is 0.275 e. The number of nitro benzene ring substituents is 1. The van der Waals surface area contributed by atoms with Gasteiger partial charge in [-0.15, -0.1) is 0 Å². The molecule has 2 N–H and O–H groups in total. The number of non-ortho nitro benzene ring substituents is 1. The van der Waals surface area contributed by atoms with Gasteiger partial charge in [-0.2, -0.15) is 5.10 Å². The third kappa shape index (κ3) is 3.36. The lowest BCUT2D eigenvalue weighted by Crippen LogP contribution is -2.20. The van der Waals surface area contributed by atoms with Crippen molar-refractivity contribution >= 4 is 28.1 Å². The molecule has 0 aromatic heterocycles. The third-order valence-corrected chi connectivity index (χ3v) is 3.93. The normalized spacial score (nSPS) is 11.3. The first-order valence-electron chi connectivity index (χ1n) is 7.77. The average Bonchev–Trinajstić information content (AvgIpc) is 2.65. The van der Waals surface area contributed by atoms with Gasteiger partial charge in [-0.25, -0.2) is 5.43 Å². The van der Waals surface area contributed by atoms with E-state index < -0.39 is 10.8 Å². The average molecular weight is 349 g/mol. The van der Waals surface area contributed by atoms with Gasteiger partial charge in [-0.1, -0.05) is 42.5 Å². The highest BCUT2D eigenvalue weighted by molar-refractivity contribution is 6.10. The number of hydrogen-bond donors (Lipinski definition) is 2. The standard InChI is InChI=1S/C19H15N3O4/c1-12(14-6-4-7-15(11-14)22(25)26)20-21-19(24)18-16-8-3-2-5-13(16)9-10-17(18)23/h2-11,23H,1H3,(H,21,24)/b20-12-. The molecule has 130 valence electrons. The first-order valence-corrected chi connectivity index (χ1v) is 7.77. The zero-order valence-electron chi connectivity index (χ0n) is 13.8. The molecule has 0 saturated carbocycles. The Morgan fingerprint density at radius 2 is 1.88 bits per heavy atom. The van der Waals surface area contributed by atoms with E-state index in [1.165, 1.54) is 18.2 Å². The van der Waals surface area contributed by atoms with E-state index in [2.05, 4.69) is 10.5 Å². The van der Waals surface area contributed by atoms with Crippen molar-refractivity contribution in [2.75, 3.05) is 0 Å². The highest BCUT2D eigenvalue weighted by Crippen LogP contribution is 2.26. The first kappa shape index (κ1) is 17.1. The van der Waals surface area contributed by atoms with Crippen LogP contribution in [0.25, 0.3) is 10.8 Å². The minimum Gasteiger partial charge on any atom is -0.507 e. The van der Waals surface area contributed by atoms with Crippen molar-refractivity contribution in [2.24, 2.45) is 5.10 Å². The Kier molecular flexibility index (Phi) is 4.62. The second kappa shape index (κ2) is 7.02. The number of carbonyl (C=O) groups excluding carboxylic acids is 1. The minimum atomic E-state index is -0.566. The zero-order valence-corrected chi connectivity index (χ0v) is 13.8. The van der Waals surface area contributed by atoms with Crippen LogP contribution in [0.4, 0.5) is 5.69 Å². The Morgan fingerprint density at radius 3 is 2.65 bits per heavy atom. The van der Waals surface area contributed by atoms with Crippen LogP contribution in [0.3, 0.4) is 0 Å². The number of benzene rings is 3. The summed E-state index contributed by atoms with van der Waals surface area (Å²) in [6.45, 7) is 1.63. The largest absolute Gasteiger partial charge is 0.507 e. The molecule has 0 heterocycles. The lowest BCUT2D eigenvalue weighted by molar-refractivity contribution is -0.384. The van der Waals surface area contributed by atoms with Crippen LogP contribution in [0.5, 0.6) is 5.75 Å². The lowest BCUT2D eigenvalue weighted by Gasteiger charge is -2.08. The molecule has 7 heteroatoms. The maximum absolute atomic E-state index is 12.5. The molecule has 3 aromatic carbocycles. The summed E-state index contributed by atoms with van der Waals surface area (Å²) in [5.41, 5.74) is 3.38. The van der Waals surface area contributed by atoms with Gasteiger partial charge in [-0.3, -0.25) is 14.9 Å². The van der Waals surface area contributed by atoms with Crippen molar-refractivity contribution in [3.8, 4) is 5.75 Å². The van der Waals surface area contributed by atoms with Crippen LogP contribution in [-0.2, 0) is 0 Å². The number of amides is 1. The molecule has 26 heavy (non-hydrogen) atoms. The van der Waals surface area contributed by atoms with Crippen molar-refractivity contribution in [3.05, 3.63) is 81.9 Å². The summed E-state index contributed by atoms with van der Waals surface area (Å²) in [5.74, 6) is -0.714. The molecule has 0 atom stereocenters. The van der Waals surface area contributed by atoms with Crippen molar-refractivity contribution in [1.82, 2.24) is 5.43 Å². The summed E-state index contributed by atoms with van der Waals surface area (Å²) in [6.07, 6.45) is 0. The van der Waals surface area contributed by atoms with E-state index in [9.17, 15) is 20.0 Å².